The first-order valence-electron chi connectivity index (χ1n) is 5.45. The van der Waals surface area contributed by atoms with Gasteiger partial charge in [-0.15, -0.1) is 0 Å². The van der Waals surface area contributed by atoms with E-state index in [0.29, 0.717) is 23.8 Å². The lowest BCUT2D eigenvalue weighted by atomic mass is 10.1. The standard InChI is InChI=1S/C12H13N3O/c1-8-13-12(16-15-8)14-11-7-10(11)9-5-3-2-4-6-9/h2-6,10-11H,7H2,1H3,(H,13,14,15). The summed E-state index contributed by atoms with van der Waals surface area (Å²) in [5.41, 5.74) is 1.37. The maximum atomic E-state index is 5.03. The monoisotopic (exact) mass is 215 g/mol. The first-order valence-corrected chi connectivity index (χ1v) is 5.45. The normalized spacial score (nSPS) is 23.1. The van der Waals surface area contributed by atoms with E-state index in [0.717, 1.165) is 6.42 Å². The molecule has 4 nitrogen and oxygen atoms in total. The van der Waals surface area contributed by atoms with Gasteiger partial charge in [-0.2, -0.15) is 4.98 Å². The first-order chi connectivity index (χ1) is 7.83. The minimum atomic E-state index is 0.433. The molecule has 4 heteroatoms. The van der Waals surface area contributed by atoms with Crippen molar-refractivity contribution in [3.63, 3.8) is 0 Å². The molecular formula is C12H13N3O. The van der Waals surface area contributed by atoms with E-state index < -0.39 is 0 Å². The van der Waals surface area contributed by atoms with Crippen LogP contribution >= 0.6 is 0 Å². The van der Waals surface area contributed by atoms with Gasteiger partial charge >= 0.3 is 6.01 Å². The van der Waals surface area contributed by atoms with Gasteiger partial charge in [0.25, 0.3) is 0 Å². The van der Waals surface area contributed by atoms with Gasteiger partial charge in [-0.25, -0.2) is 0 Å². The van der Waals surface area contributed by atoms with Crippen molar-refractivity contribution < 1.29 is 4.52 Å². The summed E-state index contributed by atoms with van der Waals surface area (Å²) < 4.78 is 5.03. The van der Waals surface area contributed by atoms with Crippen LogP contribution in [-0.2, 0) is 0 Å². The molecule has 0 saturated heterocycles. The van der Waals surface area contributed by atoms with Gasteiger partial charge in [0.05, 0.1) is 0 Å². The van der Waals surface area contributed by atoms with E-state index in [4.69, 9.17) is 4.52 Å². The summed E-state index contributed by atoms with van der Waals surface area (Å²) >= 11 is 0. The summed E-state index contributed by atoms with van der Waals surface area (Å²) in [4.78, 5) is 4.13. The molecule has 0 spiro atoms. The maximum absolute atomic E-state index is 5.03. The maximum Gasteiger partial charge on any atom is 0.321 e. The number of benzene rings is 1. The fourth-order valence-corrected chi connectivity index (χ4v) is 1.94. The van der Waals surface area contributed by atoms with Crippen molar-refractivity contribution in [1.29, 1.82) is 0 Å². The number of aromatic nitrogens is 2. The van der Waals surface area contributed by atoms with E-state index in [1.54, 1.807) is 0 Å². The molecule has 0 aliphatic heterocycles. The van der Waals surface area contributed by atoms with Crippen molar-refractivity contribution in [3.05, 3.63) is 41.7 Å². The third kappa shape index (κ3) is 1.78. The van der Waals surface area contributed by atoms with Crippen LogP contribution in [0.5, 0.6) is 0 Å². The molecule has 1 saturated carbocycles. The topological polar surface area (TPSA) is 51.0 Å². The molecule has 2 unspecified atom stereocenters. The van der Waals surface area contributed by atoms with Crippen LogP contribution in [-0.4, -0.2) is 16.2 Å². The number of nitrogens with one attached hydrogen (secondary N) is 1. The molecule has 1 N–H and O–H groups in total. The van der Waals surface area contributed by atoms with Crippen LogP contribution in [0, 0.1) is 6.92 Å². The van der Waals surface area contributed by atoms with Crippen molar-refractivity contribution in [3.8, 4) is 0 Å². The zero-order valence-electron chi connectivity index (χ0n) is 9.05. The molecule has 0 radical (unpaired) electrons. The van der Waals surface area contributed by atoms with Crippen molar-refractivity contribution >= 4 is 6.01 Å². The largest absolute Gasteiger partial charge is 0.334 e. The zero-order chi connectivity index (χ0) is 11.0. The van der Waals surface area contributed by atoms with Crippen molar-refractivity contribution in [2.45, 2.75) is 25.3 Å². The molecule has 1 aliphatic rings. The molecule has 1 aromatic heterocycles. The Labute approximate surface area is 93.7 Å². The van der Waals surface area contributed by atoms with Crippen molar-refractivity contribution in [2.75, 3.05) is 5.32 Å². The predicted molar refractivity (Wildman–Crippen MR) is 60.2 cm³/mol. The second-order valence-electron chi connectivity index (χ2n) is 4.15. The Bertz CT molecular complexity index is 480. The van der Waals surface area contributed by atoms with Gasteiger partial charge < -0.3 is 9.84 Å². The highest BCUT2D eigenvalue weighted by Crippen LogP contribution is 2.42. The summed E-state index contributed by atoms with van der Waals surface area (Å²) in [6, 6.07) is 11.5. The lowest BCUT2D eigenvalue weighted by molar-refractivity contribution is 0.425. The fraction of sp³-hybridized carbons (Fsp3) is 0.333. The molecule has 3 rings (SSSR count). The van der Waals surface area contributed by atoms with Crippen molar-refractivity contribution in [2.24, 2.45) is 0 Å². The second kappa shape index (κ2) is 3.63. The quantitative estimate of drug-likeness (QED) is 0.853. The van der Waals surface area contributed by atoms with E-state index in [-0.39, 0.29) is 0 Å². The average Bonchev–Trinajstić information content (AvgIpc) is 2.95. The average molecular weight is 215 g/mol. The van der Waals surface area contributed by atoms with Crippen LogP contribution in [0.4, 0.5) is 6.01 Å². The van der Waals surface area contributed by atoms with E-state index in [9.17, 15) is 0 Å². The Hall–Kier alpha value is -1.84. The number of nitrogens with zero attached hydrogens (tertiary/aromatic N) is 2. The summed E-state index contributed by atoms with van der Waals surface area (Å²) in [7, 11) is 0. The number of aryl methyl sites for hydroxylation is 1. The van der Waals surface area contributed by atoms with E-state index in [2.05, 4.69) is 39.7 Å². The molecule has 2 atom stereocenters. The molecule has 1 heterocycles. The van der Waals surface area contributed by atoms with Gasteiger partial charge in [-0.1, -0.05) is 35.5 Å². The van der Waals surface area contributed by atoms with E-state index >= 15 is 0 Å². The minimum Gasteiger partial charge on any atom is -0.334 e. The van der Waals surface area contributed by atoms with Crippen LogP contribution < -0.4 is 5.32 Å². The van der Waals surface area contributed by atoms with Crippen LogP contribution in [0.1, 0.15) is 23.7 Å². The van der Waals surface area contributed by atoms with Gasteiger partial charge in [-0.3, -0.25) is 0 Å². The second-order valence-corrected chi connectivity index (χ2v) is 4.15. The molecule has 1 aliphatic carbocycles. The highest BCUT2D eigenvalue weighted by molar-refractivity contribution is 5.35. The molecule has 1 aromatic carbocycles. The van der Waals surface area contributed by atoms with Gasteiger partial charge in [0.2, 0.25) is 0 Å². The summed E-state index contributed by atoms with van der Waals surface area (Å²) in [6.07, 6.45) is 1.13. The molecule has 2 aromatic rings. The fourth-order valence-electron chi connectivity index (χ4n) is 1.94. The number of hydrogen-bond acceptors (Lipinski definition) is 4. The van der Waals surface area contributed by atoms with Crippen molar-refractivity contribution in [1.82, 2.24) is 10.1 Å². The zero-order valence-corrected chi connectivity index (χ0v) is 9.05. The molecule has 1 fully saturated rings. The third-order valence-corrected chi connectivity index (χ3v) is 2.85. The smallest absolute Gasteiger partial charge is 0.321 e. The molecule has 0 amide bonds. The van der Waals surface area contributed by atoms with Crippen LogP contribution in [0.15, 0.2) is 34.9 Å². The molecule has 16 heavy (non-hydrogen) atoms. The highest BCUT2D eigenvalue weighted by Gasteiger charge is 2.39. The Balaban J connectivity index is 1.65. The van der Waals surface area contributed by atoms with Gasteiger partial charge in [0, 0.05) is 12.0 Å². The van der Waals surface area contributed by atoms with Crippen LogP contribution in [0.2, 0.25) is 0 Å². The highest BCUT2D eigenvalue weighted by atomic mass is 16.5. The van der Waals surface area contributed by atoms with E-state index in [1.165, 1.54) is 5.56 Å². The minimum absolute atomic E-state index is 0.433. The predicted octanol–water partition coefficient (Wildman–Crippen LogP) is 2.35. The van der Waals surface area contributed by atoms with Gasteiger partial charge in [0.1, 0.15) is 0 Å². The van der Waals surface area contributed by atoms with Gasteiger partial charge in [0.15, 0.2) is 5.82 Å². The molecular weight excluding hydrogens is 202 g/mol. The summed E-state index contributed by atoms with van der Waals surface area (Å²) in [5, 5.41) is 6.99. The Morgan fingerprint density at radius 1 is 1.31 bits per heavy atom. The Kier molecular flexibility index (Phi) is 2.13. The number of anilines is 1. The summed E-state index contributed by atoms with van der Waals surface area (Å²) in [5.74, 6) is 1.24. The van der Waals surface area contributed by atoms with Gasteiger partial charge in [-0.05, 0) is 18.9 Å². The molecule has 82 valence electrons. The lowest BCUT2D eigenvalue weighted by Gasteiger charge is -2.00. The van der Waals surface area contributed by atoms with Crippen LogP contribution in [0.3, 0.4) is 0 Å². The number of hydrogen-bond donors (Lipinski definition) is 1. The van der Waals surface area contributed by atoms with Crippen LogP contribution in [0.25, 0.3) is 0 Å². The van der Waals surface area contributed by atoms with E-state index in [1.807, 2.05) is 13.0 Å². The third-order valence-electron chi connectivity index (χ3n) is 2.85. The summed E-state index contributed by atoms with van der Waals surface area (Å²) in [6.45, 7) is 1.82. The first kappa shape index (κ1) is 9.39. The Morgan fingerprint density at radius 3 is 2.81 bits per heavy atom. The lowest BCUT2D eigenvalue weighted by Crippen LogP contribution is -2.04. The Morgan fingerprint density at radius 2 is 2.12 bits per heavy atom. The molecule has 0 bridgehead atoms. The number of rotatable bonds is 3. The SMILES string of the molecule is Cc1noc(NC2CC2c2ccccc2)n1.